The fraction of sp³-hybridized carbons (Fsp3) is 0.304. The van der Waals surface area contributed by atoms with E-state index in [4.69, 9.17) is 15.2 Å². The highest BCUT2D eigenvalue weighted by Crippen LogP contribution is 2.13. The number of ether oxygens (including phenoxy) is 2. The van der Waals surface area contributed by atoms with Crippen molar-refractivity contribution in [3.63, 3.8) is 0 Å². The van der Waals surface area contributed by atoms with Crippen LogP contribution in [-0.2, 0) is 36.2 Å². The van der Waals surface area contributed by atoms with Gasteiger partial charge in [0.05, 0.1) is 13.5 Å². The Morgan fingerprint density at radius 3 is 2.09 bits per heavy atom. The molecule has 2 atom stereocenters. The van der Waals surface area contributed by atoms with Crippen molar-refractivity contribution >= 4 is 35.6 Å². The lowest BCUT2D eigenvalue weighted by Crippen LogP contribution is -2.53. The van der Waals surface area contributed by atoms with Crippen LogP contribution in [0.2, 0.25) is 0 Å². The summed E-state index contributed by atoms with van der Waals surface area (Å²) < 4.78 is 9.87. The van der Waals surface area contributed by atoms with E-state index in [2.05, 4.69) is 10.6 Å². The van der Waals surface area contributed by atoms with Gasteiger partial charge in [0.2, 0.25) is 11.8 Å². The summed E-state index contributed by atoms with van der Waals surface area (Å²) in [4.78, 5) is 48.5. The van der Waals surface area contributed by atoms with Crippen molar-refractivity contribution in [3.8, 4) is 0 Å². The third-order valence-electron chi connectivity index (χ3n) is 4.42. The summed E-state index contributed by atoms with van der Waals surface area (Å²) in [5.41, 5.74) is 7.04. The number of carbonyl (C=O) groups is 4. The lowest BCUT2D eigenvalue weighted by atomic mass is 10.1. The van der Waals surface area contributed by atoms with Gasteiger partial charge in [-0.05, 0) is 11.1 Å². The van der Waals surface area contributed by atoms with Gasteiger partial charge in [-0.3, -0.25) is 9.59 Å². The Morgan fingerprint density at radius 1 is 0.909 bits per heavy atom. The molecule has 0 spiro atoms. The van der Waals surface area contributed by atoms with Gasteiger partial charge in [-0.1, -0.05) is 60.7 Å². The second-order valence-electron chi connectivity index (χ2n) is 7.01. The Kier molecular flexibility index (Phi) is 10.8. The van der Waals surface area contributed by atoms with Crippen molar-refractivity contribution in [2.45, 2.75) is 30.9 Å². The maximum absolute atomic E-state index is 12.7. The number of hydrogen-bond acceptors (Lipinski definition) is 7. The van der Waals surface area contributed by atoms with E-state index in [9.17, 15) is 19.2 Å². The molecule has 10 heteroatoms. The highest BCUT2D eigenvalue weighted by molar-refractivity contribution is 7.98. The Hall–Kier alpha value is -3.53. The van der Waals surface area contributed by atoms with Crippen LogP contribution in [0.3, 0.4) is 0 Å². The van der Waals surface area contributed by atoms with Crippen molar-refractivity contribution in [2.24, 2.45) is 5.73 Å². The molecule has 4 N–H and O–H groups in total. The van der Waals surface area contributed by atoms with Crippen LogP contribution in [0.5, 0.6) is 0 Å². The van der Waals surface area contributed by atoms with E-state index in [-0.39, 0.29) is 12.4 Å². The Bertz CT molecular complexity index is 926. The lowest BCUT2D eigenvalue weighted by molar-refractivity contribution is -0.144. The summed E-state index contributed by atoms with van der Waals surface area (Å²) in [7, 11) is 1.21. The summed E-state index contributed by atoms with van der Waals surface area (Å²) in [5.74, 6) is -1.34. The molecule has 2 rings (SSSR count). The summed E-state index contributed by atoms with van der Waals surface area (Å²) in [6.45, 7) is -0.0154. The highest BCUT2D eigenvalue weighted by atomic mass is 32.2. The van der Waals surface area contributed by atoms with E-state index in [1.807, 2.05) is 36.4 Å². The normalized spacial score (nSPS) is 12.2. The zero-order chi connectivity index (χ0) is 24.1. The molecular formula is C23H27N3O6S. The monoisotopic (exact) mass is 473 g/mol. The summed E-state index contributed by atoms with van der Waals surface area (Å²) in [5, 5.41) is 4.86. The van der Waals surface area contributed by atoms with E-state index in [1.54, 1.807) is 24.3 Å². The van der Waals surface area contributed by atoms with Crippen LogP contribution in [0.15, 0.2) is 60.7 Å². The minimum atomic E-state index is -1.31. The number of methoxy groups -OCH3 is 1. The Morgan fingerprint density at radius 2 is 1.52 bits per heavy atom. The number of thioether (sulfide) groups is 1. The van der Waals surface area contributed by atoms with Crippen LogP contribution in [0.4, 0.5) is 4.79 Å². The molecule has 0 unspecified atom stereocenters. The van der Waals surface area contributed by atoms with E-state index in [1.165, 1.54) is 18.9 Å². The number of benzene rings is 2. The number of hydrogen-bond donors (Lipinski definition) is 3. The molecule has 33 heavy (non-hydrogen) atoms. The molecule has 0 fully saturated rings. The molecule has 9 nitrogen and oxygen atoms in total. The van der Waals surface area contributed by atoms with Crippen LogP contribution in [0.1, 0.15) is 17.5 Å². The van der Waals surface area contributed by atoms with Gasteiger partial charge in [-0.15, -0.1) is 0 Å². The predicted molar refractivity (Wildman–Crippen MR) is 124 cm³/mol. The fourth-order valence-corrected chi connectivity index (χ4v) is 3.77. The number of alkyl carbamates (subject to hydrolysis) is 1. The van der Waals surface area contributed by atoms with Crippen LogP contribution >= 0.6 is 11.8 Å². The van der Waals surface area contributed by atoms with Crippen molar-refractivity contribution in [1.82, 2.24) is 10.6 Å². The average Bonchev–Trinajstić information content (AvgIpc) is 2.82. The van der Waals surface area contributed by atoms with Crippen molar-refractivity contribution in [2.75, 3.05) is 12.9 Å². The minimum absolute atomic E-state index is 0.0154. The first-order valence-electron chi connectivity index (χ1n) is 10.1. The van der Waals surface area contributed by atoms with Gasteiger partial charge in [0.15, 0.2) is 0 Å². The quantitative estimate of drug-likeness (QED) is 0.399. The van der Waals surface area contributed by atoms with Gasteiger partial charge in [0.1, 0.15) is 18.7 Å². The SMILES string of the molecule is COC(=O)[C@@H](CSCc1ccccc1)NC(=O)[C@@H](CC(N)=O)NC(=O)OCc1ccccc1. The zero-order valence-corrected chi connectivity index (χ0v) is 19.0. The number of nitrogens with two attached hydrogens (primary N) is 1. The molecule has 0 saturated heterocycles. The predicted octanol–water partition coefficient (Wildman–Crippen LogP) is 1.75. The van der Waals surface area contributed by atoms with E-state index in [0.717, 1.165) is 11.1 Å². The molecule has 0 aliphatic carbocycles. The van der Waals surface area contributed by atoms with Crippen LogP contribution < -0.4 is 16.4 Å². The third-order valence-corrected chi connectivity index (χ3v) is 5.53. The van der Waals surface area contributed by atoms with Gasteiger partial charge >= 0.3 is 12.1 Å². The molecule has 0 saturated carbocycles. The molecule has 0 radical (unpaired) electrons. The van der Waals surface area contributed by atoms with E-state index in [0.29, 0.717) is 5.75 Å². The minimum Gasteiger partial charge on any atom is -0.467 e. The van der Waals surface area contributed by atoms with Gasteiger partial charge in [-0.25, -0.2) is 9.59 Å². The number of nitrogens with one attached hydrogen (secondary N) is 2. The second-order valence-corrected chi connectivity index (χ2v) is 8.04. The molecule has 0 bridgehead atoms. The first-order valence-corrected chi connectivity index (χ1v) is 11.3. The second kappa shape index (κ2) is 13.8. The van der Waals surface area contributed by atoms with Crippen LogP contribution in [0.25, 0.3) is 0 Å². The lowest BCUT2D eigenvalue weighted by Gasteiger charge is -2.21. The zero-order valence-electron chi connectivity index (χ0n) is 18.2. The first-order chi connectivity index (χ1) is 15.9. The highest BCUT2D eigenvalue weighted by Gasteiger charge is 2.29. The van der Waals surface area contributed by atoms with Crippen molar-refractivity contribution in [1.29, 1.82) is 0 Å². The first kappa shape index (κ1) is 25.7. The molecule has 2 aromatic rings. The Labute approximate surface area is 196 Å². The standard InChI is InChI=1S/C23H27N3O6S/c1-31-22(29)19(15-33-14-17-10-6-3-7-11-17)25-21(28)18(12-20(24)27)26-23(30)32-13-16-8-4-2-5-9-16/h2-11,18-19H,12-15H2,1H3,(H2,24,27)(H,25,28)(H,26,30)/t18-,19-/m1/s1. The molecule has 3 amide bonds. The number of amides is 3. The molecule has 0 heterocycles. The van der Waals surface area contributed by atoms with Crippen LogP contribution in [-0.4, -0.2) is 48.8 Å². The smallest absolute Gasteiger partial charge is 0.408 e. The maximum atomic E-state index is 12.7. The van der Waals surface area contributed by atoms with Crippen LogP contribution in [0, 0.1) is 0 Å². The number of carbonyl (C=O) groups excluding carboxylic acids is 4. The van der Waals surface area contributed by atoms with Gasteiger partial charge in [-0.2, -0.15) is 11.8 Å². The summed E-state index contributed by atoms with van der Waals surface area (Å²) in [6.07, 6.45) is -1.36. The largest absolute Gasteiger partial charge is 0.467 e. The topological polar surface area (TPSA) is 137 Å². The fourth-order valence-electron chi connectivity index (χ4n) is 2.77. The number of esters is 1. The average molecular weight is 474 g/mol. The molecular weight excluding hydrogens is 446 g/mol. The van der Waals surface area contributed by atoms with Crippen molar-refractivity contribution in [3.05, 3.63) is 71.8 Å². The summed E-state index contributed by atoms with van der Waals surface area (Å²) >= 11 is 1.43. The molecule has 176 valence electrons. The molecule has 0 aromatic heterocycles. The summed E-state index contributed by atoms with van der Waals surface area (Å²) in [6, 6.07) is 16.3. The Balaban J connectivity index is 1.94. The maximum Gasteiger partial charge on any atom is 0.408 e. The van der Waals surface area contributed by atoms with Gasteiger partial charge < -0.3 is 25.8 Å². The van der Waals surface area contributed by atoms with Gasteiger partial charge in [0, 0.05) is 11.5 Å². The molecule has 0 aliphatic heterocycles. The van der Waals surface area contributed by atoms with Crippen molar-refractivity contribution < 1.29 is 28.7 Å². The van der Waals surface area contributed by atoms with E-state index < -0.39 is 42.4 Å². The molecule has 0 aliphatic rings. The van der Waals surface area contributed by atoms with E-state index >= 15 is 0 Å². The van der Waals surface area contributed by atoms with Gasteiger partial charge in [0.25, 0.3) is 0 Å². The molecule has 2 aromatic carbocycles. The number of primary amides is 1. The number of rotatable bonds is 12. The third kappa shape index (κ3) is 9.65.